The van der Waals surface area contributed by atoms with Crippen molar-refractivity contribution in [1.82, 2.24) is 19.7 Å². The largest absolute Gasteiger partial charge is 0.368 e. The summed E-state index contributed by atoms with van der Waals surface area (Å²) in [6.45, 7) is 0.711. The normalized spacial score (nSPS) is 10.5. The molecule has 0 saturated carbocycles. The van der Waals surface area contributed by atoms with Gasteiger partial charge in [0.1, 0.15) is 5.82 Å². The van der Waals surface area contributed by atoms with Crippen LogP contribution in [0.1, 0.15) is 5.56 Å². The van der Waals surface area contributed by atoms with Crippen molar-refractivity contribution in [1.29, 1.82) is 0 Å². The molecule has 17 heavy (non-hydrogen) atoms. The van der Waals surface area contributed by atoms with Crippen molar-refractivity contribution in [2.24, 2.45) is 7.05 Å². The van der Waals surface area contributed by atoms with E-state index in [0.29, 0.717) is 6.54 Å². The Hall–Kier alpha value is -1.63. The average Bonchev–Trinajstić information content (AvgIpc) is 2.67. The first kappa shape index (κ1) is 11.8. The quantitative estimate of drug-likeness (QED) is 0.921. The second-order valence-electron chi connectivity index (χ2n) is 3.78. The van der Waals surface area contributed by atoms with E-state index in [2.05, 4.69) is 31.0 Å². The smallest absolute Gasteiger partial charge is 0.222 e. The summed E-state index contributed by atoms with van der Waals surface area (Å²) in [7, 11) is 3.83. The Morgan fingerprint density at radius 1 is 1.47 bits per heavy atom. The number of rotatable bonds is 3. The lowest BCUT2D eigenvalue weighted by atomic mass is 10.3. The van der Waals surface area contributed by atoms with E-state index in [-0.39, 0.29) is 5.95 Å². The van der Waals surface area contributed by atoms with Crippen LogP contribution in [-0.4, -0.2) is 26.8 Å². The lowest BCUT2D eigenvalue weighted by Gasteiger charge is -2.18. The van der Waals surface area contributed by atoms with Crippen molar-refractivity contribution in [2.75, 3.05) is 17.7 Å². The summed E-state index contributed by atoms with van der Waals surface area (Å²) in [4.78, 5) is 10.1. The Balaban J connectivity index is 2.19. The Morgan fingerprint density at radius 2 is 2.24 bits per heavy atom. The SMILES string of the molecule is CN(Cc1cnn(C)c1)c1nc(N)ncc1Br. The predicted octanol–water partition coefficient (Wildman–Crippen LogP) is 1.19. The topological polar surface area (TPSA) is 72.9 Å². The number of halogens is 1. The molecule has 0 aliphatic heterocycles. The molecule has 2 N–H and O–H groups in total. The second-order valence-corrected chi connectivity index (χ2v) is 4.63. The number of anilines is 2. The molecule has 0 fully saturated rings. The molecule has 0 aromatic carbocycles. The molecule has 7 heteroatoms. The van der Waals surface area contributed by atoms with E-state index in [1.54, 1.807) is 10.9 Å². The Bertz CT molecular complexity index is 523. The fourth-order valence-corrected chi connectivity index (χ4v) is 2.04. The first-order valence-electron chi connectivity index (χ1n) is 5.03. The van der Waals surface area contributed by atoms with Crippen LogP contribution in [0.25, 0.3) is 0 Å². The average molecular weight is 297 g/mol. The lowest BCUT2D eigenvalue weighted by molar-refractivity contribution is 0.766. The summed E-state index contributed by atoms with van der Waals surface area (Å²) < 4.78 is 2.59. The number of aromatic nitrogens is 4. The molecule has 2 aromatic heterocycles. The zero-order valence-corrected chi connectivity index (χ0v) is 11.2. The number of nitrogen functional groups attached to an aromatic ring is 1. The van der Waals surface area contributed by atoms with Crippen LogP contribution in [0, 0.1) is 0 Å². The van der Waals surface area contributed by atoms with Gasteiger partial charge in [0, 0.05) is 38.6 Å². The van der Waals surface area contributed by atoms with Gasteiger partial charge in [0.25, 0.3) is 0 Å². The van der Waals surface area contributed by atoms with Crippen LogP contribution in [-0.2, 0) is 13.6 Å². The van der Waals surface area contributed by atoms with Crippen LogP contribution in [0.4, 0.5) is 11.8 Å². The lowest BCUT2D eigenvalue weighted by Crippen LogP contribution is -2.18. The van der Waals surface area contributed by atoms with Crippen molar-refractivity contribution in [3.63, 3.8) is 0 Å². The Morgan fingerprint density at radius 3 is 2.88 bits per heavy atom. The minimum atomic E-state index is 0.265. The summed E-state index contributed by atoms with van der Waals surface area (Å²) in [6, 6.07) is 0. The van der Waals surface area contributed by atoms with Gasteiger partial charge in [-0.1, -0.05) is 0 Å². The maximum atomic E-state index is 5.58. The maximum absolute atomic E-state index is 5.58. The van der Waals surface area contributed by atoms with Crippen LogP contribution >= 0.6 is 15.9 Å². The predicted molar refractivity (Wildman–Crippen MR) is 69.5 cm³/mol. The molecule has 0 unspecified atom stereocenters. The summed E-state index contributed by atoms with van der Waals surface area (Å²) >= 11 is 3.41. The number of nitrogens with two attached hydrogens (primary N) is 1. The molecule has 2 aromatic rings. The third-order valence-electron chi connectivity index (χ3n) is 2.28. The van der Waals surface area contributed by atoms with Crippen molar-refractivity contribution in [3.05, 3.63) is 28.6 Å². The van der Waals surface area contributed by atoms with Crippen molar-refractivity contribution < 1.29 is 0 Å². The fraction of sp³-hybridized carbons (Fsp3) is 0.300. The molecule has 0 aliphatic carbocycles. The van der Waals surface area contributed by atoms with E-state index in [9.17, 15) is 0 Å². The van der Waals surface area contributed by atoms with E-state index < -0.39 is 0 Å². The third-order valence-corrected chi connectivity index (χ3v) is 2.84. The summed E-state index contributed by atoms with van der Waals surface area (Å²) in [5, 5.41) is 4.12. The number of hydrogen-bond acceptors (Lipinski definition) is 5. The Kier molecular flexibility index (Phi) is 3.28. The molecule has 0 spiro atoms. The first-order chi connectivity index (χ1) is 8.06. The Labute approximate surface area is 108 Å². The van der Waals surface area contributed by atoms with Crippen molar-refractivity contribution in [3.8, 4) is 0 Å². The molecule has 0 atom stereocenters. The van der Waals surface area contributed by atoms with Gasteiger partial charge in [-0.2, -0.15) is 10.1 Å². The summed E-state index contributed by atoms with van der Waals surface area (Å²) in [6.07, 6.45) is 5.45. The van der Waals surface area contributed by atoms with Crippen molar-refractivity contribution >= 4 is 27.7 Å². The second kappa shape index (κ2) is 4.70. The standard InChI is InChI=1S/C10H13BrN6/c1-16(5-7-3-14-17(2)6-7)9-8(11)4-13-10(12)15-9/h3-4,6H,5H2,1-2H3,(H2,12,13,15). The molecule has 0 radical (unpaired) electrons. The molecule has 0 amide bonds. The molecule has 0 bridgehead atoms. The van der Waals surface area contributed by atoms with Crippen LogP contribution in [0.15, 0.2) is 23.1 Å². The van der Waals surface area contributed by atoms with Gasteiger partial charge in [0.2, 0.25) is 5.95 Å². The van der Waals surface area contributed by atoms with Crippen molar-refractivity contribution in [2.45, 2.75) is 6.54 Å². The van der Waals surface area contributed by atoms with Gasteiger partial charge in [0.05, 0.1) is 10.7 Å². The van der Waals surface area contributed by atoms with E-state index in [4.69, 9.17) is 5.73 Å². The number of aryl methyl sites for hydroxylation is 1. The van der Waals surface area contributed by atoms with Gasteiger partial charge in [0.15, 0.2) is 0 Å². The molecule has 0 saturated heterocycles. The van der Waals surface area contributed by atoms with Crippen LogP contribution in [0.3, 0.4) is 0 Å². The van der Waals surface area contributed by atoms with Gasteiger partial charge in [-0.3, -0.25) is 4.68 Å². The molecule has 2 rings (SSSR count). The van der Waals surface area contributed by atoms with Gasteiger partial charge in [-0.25, -0.2) is 4.98 Å². The van der Waals surface area contributed by atoms with Crippen LogP contribution in [0.2, 0.25) is 0 Å². The molecule has 90 valence electrons. The van der Waals surface area contributed by atoms with Gasteiger partial charge >= 0.3 is 0 Å². The monoisotopic (exact) mass is 296 g/mol. The number of hydrogen-bond donors (Lipinski definition) is 1. The third kappa shape index (κ3) is 2.73. The van der Waals surface area contributed by atoms with Crippen LogP contribution in [0.5, 0.6) is 0 Å². The highest BCUT2D eigenvalue weighted by Gasteiger charge is 2.10. The summed E-state index contributed by atoms with van der Waals surface area (Å²) in [5.74, 6) is 1.03. The zero-order valence-electron chi connectivity index (χ0n) is 9.63. The minimum absolute atomic E-state index is 0.265. The van der Waals surface area contributed by atoms with Gasteiger partial charge in [-0.15, -0.1) is 0 Å². The van der Waals surface area contributed by atoms with Gasteiger partial charge in [-0.05, 0) is 15.9 Å². The maximum Gasteiger partial charge on any atom is 0.222 e. The highest BCUT2D eigenvalue weighted by Crippen LogP contribution is 2.23. The van der Waals surface area contributed by atoms with E-state index in [0.717, 1.165) is 15.9 Å². The molecule has 6 nitrogen and oxygen atoms in total. The zero-order chi connectivity index (χ0) is 12.4. The fourth-order valence-electron chi connectivity index (χ4n) is 1.54. The number of nitrogens with zero attached hydrogens (tertiary/aromatic N) is 5. The molecule has 2 heterocycles. The van der Waals surface area contributed by atoms with Crippen LogP contribution < -0.4 is 10.6 Å². The molecule has 0 aliphatic rings. The minimum Gasteiger partial charge on any atom is -0.368 e. The highest BCUT2D eigenvalue weighted by molar-refractivity contribution is 9.10. The first-order valence-corrected chi connectivity index (χ1v) is 5.82. The van der Waals surface area contributed by atoms with E-state index >= 15 is 0 Å². The van der Waals surface area contributed by atoms with E-state index in [1.165, 1.54) is 0 Å². The highest BCUT2D eigenvalue weighted by atomic mass is 79.9. The van der Waals surface area contributed by atoms with E-state index in [1.807, 2.05) is 31.4 Å². The van der Waals surface area contributed by atoms with Gasteiger partial charge < -0.3 is 10.6 Å². The molecular weight excluding hydrogens is 284 g/mol. The molecular formula is C10H13BrN6. The summed E-state index contributed by atoms with van der Waals surface area (Å²) in [5.41, 5.74) is 6.69.